The summed E-state index contributed by atoms with van der Waals surface area (Å²) in [4.78, 5) is 0.356. The van der Waals surface area contributed by atoms with Gasteiger partial charge in [-0.25, -0.2) is 8.42 Å². The van der Waals surface area contributed by atoms with Gasteiger partial charge in [0.15, 0.2) is 9.84 Å². The van der Waals surface area contributed by atoms with Gasteiger partial charge in [0.05, 0.1) is 4.90 Å². The van der Waals surface area contributed by atoms with Crippen LogP contribution in [0.2, 0.25) is 0 Å². The second-order valence-electron chi connectivity index (χ2n) is 2.40. The summed E-state index contributed by atoms with van der Waals surface area (Å²) in [6, 6.07) is 8.39. The molecule has 0 fully saturated rings. The van der Waals surface area contributed by atoms with Crippen LogP contribution in [0.15, 0.2) is 35.2 Å². The van der Waals surface area contributed by atoms with Crippen LogP contribution in [-0.2, 0) is 9.84 Å². The van der Waals surface area contributed by atoms with E-state index in [-0.39, 0.29) is 0 Å². The minimum atomic E-state index is -3.16. The van der Waals surface area contributed by atoms with E-state index in [9.17, 15) is 8.42 Å². The van der Waals surface area contributed by atoms with E-state index in [1.807, 2.05) is 0 Å². The first-order valence-electron chi connectivity index (χ1n) is 3.48. The van der Waals surface area contributed by atoms with Crippen molar-refractivity contribution < 1.29 is 8.42 Å². The minimum absolute atomic E-state index is 0.356. The van der Waals surface area contributed by atoms with Crippen LogP contribution in [0.5, 0.6) is 0 Å². The van der Waals surface area contributed by atoms with E-state index < -0.39 is 14.0 Å². The van der Waals surface area contributed by atoms with E-state index >= 15 is 0 Å². The third-order valence-electron chi connectivity index (χ3n) is 1.50. The summed E-state index contributed by atoms with van der Waals surface area (Å²) in [7, 11) is -3.16. The van der Waals surface area contributed by atoms with Crippen molar-refractivity contribution in [3.63, 3.8) is 0 Å². The molecule has 0 N–H and O–H groups in total. The van der Waals surface area contributed by atoms with Gasteiger partial charge in [0.25, 0.3) is 0 Å². The standard InChI is InChI=1S/C8H9BrO2S/c1-7(9)12(10,11)8-5-3-2-4-6-8/h2-7H,1H3. The molecule has 0 saturated heterocycles. The smallest absolute Gasteiger partial charge is 0.190 e. The SMILES string of the molecule is CC(Br)S(=O)(=O)c1ccccc1. The summed E-state index contributed by atoms with van der Waals surface area (Å²) >= 11 is 3.04. The highest BCUT2D eigenvalue weighted by Crippen LogP contribution is 2.18. The molecule has 0 radical (unpaired) electrons. The minimum Gasteiger partial charge on any atom is -0.223 e. The van der Waals surface area contributed by atoms with Crippen molar-refractivity contribution in [1.82, 2.24) is 0 Å². The molecule has 1 aromatic carbocycles. The zero-order valence-electron chi connectivity index (χ0n) is 6.57. The lowest BCUT2D eigenvalue weighted by Gasteiger charge is -2.04. The Morgan fingerprint density at radius 3 is 2.17 bits per heavy atom. The van der Waals surface area contributed by atoms with Gasteiger partial charge >= 0.3 is 0 Å². The Balaban J connectivity index is 3.17. The maximum absolute atomic E-state index is 11.5. The Kier molecular flexibility index (Phi) is 2.90. The zero-order chi connectivity index (χ0) is 9.19. The average molecular weight is 249 g/mol. The first-order valence-corrected chi connectivity index (χ1v) is 5.94. The summed E-state index contributed by atoms with van der Waals surface area (Å²) < 4.78 is 22.4. The molecule has 0 aliphatic carbocycles. The number of hydrogen-bond acceptors (Lipinski definition) is 2. The lowest BCUT2D eigenvalue weighted by Crippen LogP contribution is -2.10. The van der Waals surface area contributed by atoms with Gasteiger partial charge in [-0.15, -0.1) is 0 Å². The van der Waals surface area contributed by atoms with Gasteiger partial charge in [0, 0.05) is 0 Å². The van der Waals surface area contributed by atoms with E-state index in [0.717, 1.165) is 0 Å². The molecule has 1 rings (SSSR count). The lowest BCUT2D eigenvalue weighted by molar-refractivity contribution is 0.595. The summed E-state index contributed by atoms with van der Waals surface area (Å²) in [5.41, 5.74) is 0. The predicted molar refractivity (Wildman–Crippen MR) is 52.0 cm³/mol. The number of sulfone groups is 1. The molecule has 66 valence electrons. The zero-order valence-corrected chi connectivity index (χ0v) is 8.97. The van der Waals surface area contributed by atoms with Crippen molar-refractivity contribution in [2.75, 3.05) is 0 Å². The molecule has 0 amide bonds. The third-order valence-corrected chi connectivity index (χ3v) is 4.76. The molecule has 0 saturated carbocycles. The fourth-order valence-corrected chi connectivity index (χ4v) is 2.36. The monoisotopic (exact) mass is 248 g/mol. The van der Waals surface area contributed by atoms with Crippen LogP contribution in [0, 0.1) is 0 Å². The maximum atomic E-state index is 11.5. The third kappa shape index (κ3) is 1.87. The number of alkyl halides is 1. The van der Waals surface area contributed by atoms with E-state index in [1.165, 1.54) is 0 Å². The highest BCUT2D eigenvalue weighted by atomic mass is 79.9. The van der Waals surface area contributed by atoms with Crippen LogP contribution >= 0.6 is 15.9 Å². The predicted octanol–water partition coefficient (Wildman–Crippen LogP) is 2.20. The average Bonchev–Trinajstić information content (AvgIpc) is 2.06. The summed E-state index contributed by atoms with van der Waals surface area (Å²) in [6.07, 6.45) is 0. The van der Waals surface area contributed by atoms with Crippen LogP contribution in [0.1, 0.15) is 6.92 Å². The Morgan fingerprint density at radius 2 is 1.75 bits per heavy atom. The summed E-state index contributed by atoms with van der Waals surface area (Å²) in [5.74, 6) is 0. The quantitative estimate of drug-likeness (QED) is 0.753. The van der Waals surface area contributed by atoms with Crippen LogP contribution < -0.4 is 0 Å². The van der Waals surface area contributed by atoms with Crippen molar-refractivity contribution >= 4 is 25.8 Å². The van der Waals surface area contributed by atoms with Crippen molar-refractivity contribution in [3.8, 4) is 0 Å². The Bertz CT molecular complexity index is 343. The first kappa shape index (κ1) is 9.74. The molecule has 1 aromatic rings. The molecule has 1 unspecified atom stereocenters. The van der Waals surface area contributed by atoms with E-state index in [0.29, 0.717) is 4.90 Å². The molecular formula is C8H9BrO2S. The van der Waals surface area contributed by atoms with Crippen LogP contribution in [0.4, 0.5) is 0 Å². The molecule has 0 bridgehead atoms. The summed E-state index contributed by atoms with van der Waals surface area (Å²) in [6.45, 7) is 1.60. The van der Waals surface area contributed by atoms with Crippen LogP contribution in [0.3, 0.4) is 0 Å². The molecule has 0 heterocycles. The second kappa shape index (κ2) is 3.58. The number of hydrogen-bond donors (Lipinski definition) is 0. The fourth-order valence-electron chi connectivity index (χ4n) is 0.798. The van der Waals surface area contributed by atoms with Gasteiger partial charge in [0.1, 0.15) is 4.16 Å². The van der Waals surface area contributed by atoms with Crippen molar-refractivity contribution in [3.05, 3.63) is 30.3 Å². The molecule has 12 heavy (non-hydrogen) atoms. The van der Waals surface area contributed by atoms with Gasteiger partial charge in [-0.05, 0) is 19.1 Å². The largest absolute Gasteiger partial charge is 0.223 e. The molecule has 0 spiro atoms. The van der Waals surface area contributed by atoms with E-state index in [4.69, 9.17) is 0 Å². The van der Waals surface area contributed by atoms with E-state index in [1.54, 1.807) is 37.3 Å². The Hall–Kier alpha value is -0.350. The molecule has 1 atom stereocenters. The van der Waals surface area contributed by atoms with Crippen LogP contribution in [-0.4, -0.2) is 12.6 Å². The number of halogens is 1. The number of rotatable bonds is 2. The molecular weight excluding hydrogens is 240 g/mol. The van der Waals surface area contributed by atoms with E-state index in [2.05, 4.69) is 15.9 Å². The first-order chi connectivity index (χ1) is 5.55. The molecule has 0 aliphatic heterocycles. The van der Waals surface area contributed by atoms with Crippen LogP contribution in [0.25, 0.3) is 0 Å². The molecule has 0 aromatic heterocycles. The highest BCUT2D eigenvalue weighted by molar-refractivity contribution is 9.11. The van der Waals surface area contributed by atoms with Crippen molar-refractivity contribution in [2.45, 2.75) is 16.0 Å². The highest BCUT2D eigenvalue weighted by Gasteiger charge is 2.19. The van der Waals surface area contributed by atoms with Gasteiger partial charge in [0.2, 0.25) is 0 Å². The Labute approximate surface area is 80.7 Å². The molecule has 4 heteroatoms. The van der Waals surface area contributed by atoms with Crippen molar-refractivity contribution in [1.29, 1.82) is 0 Å². The normalized spacial score (nSPS) is 14.2. The second-order valence-corrected chi connectivity index (χ2v) is 6.65. The topological polar surface area (TPSA) is 34.1 Å². The van der Waals surface area contributed by atoms with Gasteiger partial charge in [-0.1, -0.05) is 34.1 Å². The fraction of sp³-hybridized carbons (Fsp3) is 0.250. The van der Waals surface area contributed by atoms with Gasteiger partial charge < -0.3 is 0 Å². The lowest BCUT2D eigenvalue weighted by atomic mass is 10.4. The Morgan fingerprint density at radius 1 is 1.25 bits per heavy atom. The molecule has 2 nitrogen and oxygen atoms in total. The molecule has 0 aliphatic rings. The van der Waals surface area contributed by atoms with Gasteiger partial charge in [-0.3, -0.25) is 0 Å². The maximum Gasteiger partial charge on any atom is 0.190 e. The van der Waals surface area contributed by atoms with Crippen molar-refractivity contribution in [2.24, 2.45) is 0 Å². The summed E-state index contributed by atoms with van der Waals surface area (Å²) in [5, 5.41) is 0. The van der Waals surface area contributed by atoms with Gasteiger partial charge in [-0.2, -0.15) is 0 Å². The number of benzene rings is 1.